The summed E-state index contributed by atoms with van der Waals surface area (Å²) in [6.07, 6.45) is 5.79. The van der Waals surface area contributed by atoms with Crippen molar-refractivity contribution in [3.05, 3.63) is 35.4 Å². The Kier molecular flexibility index (Phi) is 5.37. The first-order valence-corrected chi connectivity index (χ1v) is 6.59. The minimum Gasteiger partial charge on any atom is -0.478 e. The van der Waals surface area contributed by atoms with Crippen LogP contribution in [0.5, 0.6) is 0 Å². The molecule has 1 aromatic carbocycles. The minimum atomic E-state index is -0.967. The van der Waals surface area contributed by atoms with Gasteiger partial charge in [0.05, 0.1) is 11.1 Å². The van der Waals surface area contributed by atoms with Crippen LogP contribution in [0.15, 0.2) is 24.3 Å². The fraction of sp³-hybridized carbons (Fsp3) is 0.375. The van der Waals surface area contributed by atoms with Crippen molar-refractivity contribution >= 4 is 12.0 Å². The molecular weight excluding hydrogens is 268 g/mol. The lowest BCUT2D eigenvalue weighted by Crippen LogP contribution is -2.48. The number of amides is 2. The first-order chi connectivity index (χ1) is 9.76. The van der Waals surface area contributed by atoms with E-state index < -0.39 is 11.5 Å². The smallest absolute Gasteiger partial charge is 0.335 e. The average Bonchev–Trinajstić information content (AvgIpc) is 2.44. The number of carbonyl (C=O) groups is 2. The van der Waals surface area contributed by atoms with Crippen molar-refractivity contribution in [1.82, 2.24) is 10.2 Å². The number of hydrogen-bond acceptors (Lipinski definition) is 2. The zero-order valence-electron chi connectivity index (χ0n) is 12.5. The maximum atomic E-state index is 12.0. The highest BCUT2D eigenvalue weighted by molar-refractivity contribution is 5.89. The number of likely N-dealkylation sites (N-methyl/N-ethyl adjacent to an activating group) is 1. The predicted molar refractivity (Wildman–Crippen MR) is 81.2 cm³/mol. The number of hydrogen-bond donors (Lipinski definition) is 2. The van der Waals surface area contributed by atoms with E-state index in [9.17, 15) is 9.59 Å². The number of urea groups is 1. The number of terminal acetylenes is 1. The van der Waals surface area contributed by atoms with E-state index in [1.807, 2.05) is 0 Å². The molecule has 1 aromatic rings. The van der Waals surface area contributed by atoms with Crippen molar-refractivity contribution in [2.75, 3.05) is 13.6 Å². The lowest BCUT2D eigenvalue weighted by atomic mass is 10.0. The van der Waals surface area contributed by atoms with E-state index >= 15 is 0 Å². The molecule has 0 spiro atoms. The molecule has 2 amide bonds. The third-order valence-electron chi connectivity index (χ3n) is 3.09. The highest BCUT2D eigenvalue weighted by atomic mass is 16.4. The first kappa shape index (κ1) is 16.6. The quantitative estimate of drug-likeness (QED) is 0.814. The Bertz CT molecular complexity index is 573. The van der Waals surface area contributed by atoms with Crippen LogP contribution in [0.2, 0.25) is 0 Å². The Morgan fingerprint density at radius 3 is 2.57 bits per heavy atom. The van der Waals surface area contributed by atoms with Gasteiger partial charge < -0.3 is 15.3 Å². The Balaban J connectivity index is 2.66. The van der Waals surface area contributed by atoms with Crippen LogP contribution in [0, 0.1) is 12.3 Å². The van der Waals surface area contributed by atoms with Gasteiger partial charge in [0, 0.05) is 13.6 Å². The highest BCUT2D eigenvalue weighted by Crippen LogP contribution is 2.10. The van der Waals surface area contributed by atoms with Crippen LogP contribution >= 0.6 is 0 Å². The molecule has 0 saturated heterocycles. The SMILES string of the molecule is C#CC(C)(C)NC(=O)N(C)CCc1ccccc1C(=O)O. The maximum absolute atomic E-state index is 12.0. The number of benzene rings is 1. The van der Waals surface area contributed by atoms with Crippen molar-refractivity contribution in [3.8, 4) is 12.3 Å². The molecule has 0 fully saturated rings. The summed E-state index contributed by atoms with van der Waals surface area (Å²) in [6, 6.07) is 6.48. The number of nitrogens with one attached hydrogen (secondary N) is 1. The molecule has 0 radical (unpaired) electrons. The summed E-state index contributed by atoms with van der Waals surface area (Å²) in [7, 11) is 1.64. The van der Waals surface area contributed by atoms with E-state index in [4.69, 9.17) is 11.5 Å². The molecule has 0 atom stereocenters. The number of aromatic carboxylic acids is 1. The van der Waals surface area contributed by atoms with Gasteiger partial charge in [0.25, 0.3) is 0 Å². The first-order valence-electron chi connectivity index (χ1n) is 6.59. The summed E-state index contributed by atoms with van der Waals surface area (Å²) in [5, 5.41) is 11.8. The zero-order chi connectivity index (χ0) is 16.0. The summed E-state index contributed by atoms with van der Waals surface area (Å²) in [6.45, 7) is 3.87. The van der Waals surface area contributed by atoms with Crippen LogP contribution in [0.25, 0.3) is 0 Å². The van der Waals surface area contributed by atoms with Crippen LogP contribution in [0.3, 0.4) is 0 Å². The molecule has 5 nitrogen and oxygen atoms in total. The van der Waals surface area contributed by atoms with E-state index in [-0.39, 0.29) is 11.6 Å². The fourth-order valence-corrected chi connectivity index (χ4v) is 1.74. The standard InChI is InChI=1S/C16H20N2O3/c1-5-16(2,3)17-15(21)18(4)11-10-12-8-6-7-9-13(12)14(19)20/h1,6-9H,10-11H2,2-4H3,(H,17,21)(H,19,20). The summed E-state index contributed by atoms with van der Waals surface area (Å²) in [5.41, 5.74) is 0.237. The largest absolute Gasteiger partial charge is 0.478 e. The third kappa shape index (κ3) is 4.84. The topological polar surface area (TPSA) is 69.6 Å². The second-order valence-corrected chi connectivity index (χ2v) is 5.33. The number of carboxylic acids is 1. The van der Waals surface area contributed by atoms with Gasteiger partial charge in [0.2, 0.25) is 0 Å². The number of nitrogens with zero attached hydrogens (tertiary/aromatic N) is 1. The van der Waals surface area contributed by atoms with Gasteiger partial charge in [0.1, 0.15) is 0 Å². The molecule has 0 aliphatic carbocycles. The Morgan fingerprint density at radius 2 is 2.00 bits per heavy atom. The lowest BCUT2D eigenvalue weighted by molar-refractivity contribution is 0.0695. The molecule has 112 valence electrons. The lowest BCUT2D eigenvalue weighted by Gasteiger charge is -2.25. The molecule has 0 saturated carbocycles. The predicted octanol–water partition coefficient (Wildman–Crippen LogP) is 1.98. The van der Waals surface area contributed by atoms with Crippen LogP contribution < -0.4 is 5.32 Å². The van der Waals surface area contributed by atoms with Crippen molar-refractivity contribution in [2.45, 2.75) is 25.8 Å². The molecular formula is C16H20N2O3. The van der Waals surface area contributed by atoms with Crippen LogP contribution in [0.1, 0.15) is 29.8 Å². The summed E-state index contributed by atoms with van der Waals surface area (Å²) >= 11 is 0. The van der Waals surface area contributed by atoms with E-state index in [0.29, 0.717) is 18.5 Å². The molecule has 21 heavy (non-hydrogen) atoms. The maximum Gasteiger partial charge on any atom is 0.335 e. The van der Waals surface area contributed by atoms with Gasteiger partial charge in [-0.3, -0.25) is 0 Å². The minimum absolute atomic E-state index is 0.260. The number of carboxylic acid groups (broad SMARTS) is 1. The van der Waals surface area contributed by atoms with E-state index in [1.54, 1.807) is 45.2 Å². The van der Waals surface area contributed by atoms with E-state index in [0.717, 1.165) is 0 Å². The summed E-state index contributed by atoms with van der Waals surface area (Å²) in [5.74, 6) is 1.52. The molecule has 0 aliphatic rings. The van der Waals surface area contributed by atoms with Gasteiger partial charge in [-0.25, -0.2) is 9.59 Å². The van der Waals surface area contributed by atoms with Gasteiger partial charge in [0.15, 0.2) is 0 Å². The molecule has 0 aromatic heterocycles. The van der Waals surface area contributed by atoms with Gasteiger partial charge in [-0.05, 0) is 31.9 Å². The van der Waals surface area contributed by atoms with E-state index in [2.05, 4.69) is 11.2 Å². The van der Waals surface area contributed by atoms with Crippen molar-refractivity contribution in [1.29, 1.82) is 0 Å². The van der Waals surface area contributed by atoms with Crippen molar-refractivity contribution < 1.29 is 14.7 Å². The molecule has 0 aliphatic heterocycles. The number of rotatable bonds is 5. The molecule has 0 heterocycles. The number of carbonyl (C=O) groups excluding carboxylic acids is 1. The van der Waals surface area contributed by atoms with Gasteiger partial charge >= 0.3 is 12.0 Å². The fourth-order valence-electron chi connectivity index (χ4n) is 1.74. The monoisotopic (exact) mass is 288 g/mol. The molecule has 0 bridgehead atoms. The molecule has 1 rings (SSSR count). The van der Waals surface area contributed by atoms with Crippen LogP contribution in [-0.2, 0) is 6.42 Å². The normalized spacial score (nSPS) is 10.6. The second kappa shape index (κ2) is 6.80. The molecule has 5 heteroatoms. The summed E-state index contributed by atoms with van der Waals surface area (Å²) in [4.78, 5) is 24.6. The Hall–Kier alpha value is -2.48. The van der Waals surface area contributed by atoms with E-state index in [1.165, 1.54) is 4.90 Å². The third-order valence-corrected chi connectivity index (χ3v) is 3.09. The molecule has 0 unspecified atom stereocenters. The second-order valence-electron chi connectivity index (χ2n) is 5.33. The van der Waals surface area contributed by atoms with Crippen LogP contribution in [0.4, 0.5) is 4.79 Å². The zero-order valence-corrected chi connectivity index (χ0v) is 12.5. The van der Waals surface area contributed by atoms with Gasteiger partial charge in [-0.2, -0.15) is 0 Å². The molecule has 2 N–H and O–H groups in total. The van der Waals surface area contributed by atoms with Gasteiger partial charge in [-0.15, -0.1) is 6.42 Å². The summed E-state index contributed by atoms with van der Waals surface area (Å²) < 4.78 is 0. The average molecular weight is 288 g/mol. The Morgan fingerprint density at radius 1 is 1.38 bits per heavy atom. The van der Waals surface area contributed by atoms with Crippen LogP contribution in [-0.4, -0.2) is 41.1 Å². The van der Waals surface area contributed by atoms with Gasteiger partial charge in [-0.1, -0.05) is 24.1 Å². The highest BCUT2D eigenvalue weighted by Gasteiger charge is 2.19. The van der Waals surface area contributed by atoms with Crippen molar-refractivity contribution in [3.63, 3.8) is 0 Å². The van der Waals surface area contributed by atoms with Crippen molar-refractivity contribution in [2.24, 2.45) is 0 Å². The Labute approximate surface area is 125 Å².